The minimum Gasteiger partial charge on any atom is -0.462 e. The molecule has 0 aromatic rings. The number of ether oxygens (including phenoxy) is 2. The van der Waals surface area contributed by atoms with Gasteiger partial charge < -0.3 is 20.1 Å². The quantitative estimate of drug-likeness (QED) is 0.0264. The lowest BCUT2D eigenvalue weighted by Gasteiger charge is -2.19. The maximum absolute atomic E-state index is 12.8. The van der Waals surface area contributed by atoms with Gasteiger partial charge in [-0.05, 0) is 128 Å². The Morgan fingerprint density at radius 2 is 0.579 bits per heavy atom. The summed E-state index contributed by atoms with van der Waals surface area (Å²) in [6, 6.07) is 0. The molecule has 0 spiro atoms. The van der Waals surface area contributed by atoms with Crippen LogP contribution in [0.2, 0.25) is 0 Å². The Morgan fingerprint density at radius 3 is 0.895 bits per heavy atom. The van der Waals surface area contributed by atoms with Gasteiger partial charge in [0, 0.05) is 19.4 Å². The molecule has 0 amide bonds. The summed E-state index contributed by atoms with van der Waals surface area (Å²) in [5, 5.41) is 0. The summed E-state index contributed by atoms with van der Waals surface area (Å²) < 4.78 is 33.2. The van der Waals surface area contributed by atoms with Crippen LogP contribution in [0.5, 0.6) is 0 Å². The van der Waals surface area contributed by atoms with Crippen LogP contribution in [0.15, 0.2) is 158 Å². The molecule has 0 fully saturated rings. The van der Waals surface area contributed by atoms with Gasteiger partial charge >= 0.3 is 19.8 Å². The normalized spacial score (nSPS) is 13.8. The maximum Gasteiger partial charge on any atom is 0.472 e. The molecule has 0 aliphatic rings. The van der Waals surface area contributed by atoms with Crippen LogP contribution in [0.4, 0.5) is 0 Å². The Bertz CT molecular complexity index is 2120. The van der Waals surface area contributed by atoms with Crippen molar-refractivity contribution in [2.45, 2.75) is 341 Å². The second-order valence-corrected chi connectivity index (χ2v) is 26.9. The monoisotopic (exact) mass is 1340 g/mol. The van der Waals surface area contributed by atoms with Crippen molar-refractivity contribution in [3.63, 3.8) is 0 Å². The number of nitrogens with two attached hydrogens (primary N) is 1. The van der Waals surface area contributed by atoms with E-state index in [1.165, 1.54) is 193 Å². The zero-order chi connectivity index (χ0) is 68.6. The molecular weight excluding hydrogens is 1190 g/mol. The predicted molar refractivity (Wildman–Crippen MR) is 413 cm³/mol. The smallest absolute Gasteiger partial charge is 0.462 e. The van der Waals surface area contributed by atoms with E-state index in [1.54, 1.807) is 0 Å². The number of carbonyl (C=O) groups is 2. The number of allylic oxidation sites excluding steroid dienone is 26. The number of hydrogen-bond donors (Lipinski definition) is 2. The number of rotatable bonds is 72. The van der Waals surface area contributed by atoms with E-state index in [9.17, 15) is 19.0 Å². The van der Waals surface area contributed by atoms with E-state index in [4.69, 9.17) is 24.3 Å². The van der Waals surface area contributed by atoms with Crippen molar-refractivity contribution in [1.29, 1.82) is 0 Å². The highest BCUT2D eigenvalue weighted by Gasteiger charge is 2.26. The maximum atomic E-state index is 12.8. The highest BCUT2D eigenvalue weighted by atomic mass is 31.2. The van der Waals surface area contributed by atoms with E-state index < -0.39 is 32.5 Å². The van der Waals surface area contributed by atoms with Crippen LogP contribution >= 0.6 is 7.82 Å². The van der Waals surface area contributed by atoms with Crippen molar-refractivity contribution in [2.24, 2.45) is 5.73 Å². The molecule has 10 heteroatoms. The second kappa shape index (κ2) is 78.6. The van der Waals surface area contributed by atoms with Gasteiger partial charge in [0.15, 0.2) is 6.10 Å². The van der Waals surface area contributed by atoms with Gasteiger partial charge in [-0.25, -0.2) is 4.57 Å². The molecule has 0 bridgehead atoms. The minimum absolute atomic E-state index is 0.0395. The number of hydrogen-bond acceptors (Lipinski definition) is 8. The summed E-state index contributed by atoms with van der Waals surface area (Å²) in [5.74, 6) is -0.878. The van der Waals surface area contributed by atoms with Crippen molar-refractivity contribution in [3.8, 4) is 0 Å². The number of phosphoric ester groups is 1. The molecular formula is C85H144NO8P. The standard InChI is InChI=1S/C85H144NO8P/c1-3-5-7-9-11-13-15-17-19-21-23-25-27-29-31-33-35-37-39-40-41-42-44-46-48-50-52-54-56-58-60-62-64-66-68-70-72-74-76-78-85(88)94-83(82-93-95(89,90)92-80-79-86)81-91-84(87)77-75-73-71-69-67-65-63-61-59-57-55-53-51-49-47-45-43-38-36-34-32-30-28-26-24-22-20-18-16-14-12-10-8-6-4-2/h5,7,11,13,17,19,22-25,29,31,35,37,40-41,44,46,50,52,56,58,62,64,68,70,83H,3-4,6,8-10,12,14-16,18,20-21,26-28,30,32-34,36,38-39,42-43,45,47-49,51,53-55,57,59-61,63,65-67,69,71-82,86H2,1-2H3,(H,89,90)/b7-5-,13-11-,19-17-,24-22-,25-23-,31-29-,37-35-,41-40-,46-44-,52-50-,58-56-,64-62-,70-68-. The molecule has 3 N–H and O–H groups in total. The summed E-state index contributed by atoms with van der Waals surface area (Å²) in [6.07, 6.45) is 115. The summed E-state index contributed by atoms with van der Waals surface area (Å²) in [4.78, 5) is 35.4. The molecule has 95 heavy (non-hydrogen) atoms. The van der Waals surface area contributed by atoms with E-state index in [0.717, 1.165) is 109 Å². The number of phosphoric acid groups is 1. The fourth-order valence-corrected chi connectivity index (χ4v) is 11.4. The van der Waals surface area contributed by atoms with Crippen LogP contribution in [0.25, 0.3) is 0 Å². The third kappa shape index (κ3) is 78.5. The van der Waals surface area contributed by atoms with Crippen LogP contribution in [0.1, 0.15) is 335 Å². The topological polar surface area (TPSA) is 134 Å². The molecule has 2 unspecified atom stereocenters. The van der Waals surface area contributed by atoms with Crippen LogP contribution in [0.3, 0.4) is 0 Å². The van der Waals surface area contributed by atoms with Gasteiger partial charge in [-0.15, -0.1) is 0 Å². The lowest BCUT2D eigenvalue weighted by Crippen LogP contribution is -2.29. The van der Waals surface area contributed by atoms with Crippen molar-refractivity contribution in [1.82, 2.24) is 0 Å². The Kier molecular flexibility index (Phi) is 75.0. The van der Waals surface area contributed by atoms with Crippen LogP contribution in [0, 0.1) is 0 Å². The van der Waals surface area contributed by atoms with Gasteiger partial charge in [0.05, 0.1) is 13.2 Å². The minimum atomic E-state index is -4.42. The van der Waals surface area contributed by atoms with E-state index in [1.807, 2.05) is 0 Å². The molecule has 0 aliphatic heterocycles. The fraction of sp³-hybridized carbons (Fsp3) is 0.671. The van der Waals surface area contributed by atoms with Crippen LogP contribution < -0.4 is 5.73 Å². The molecule has 0 heterocycles. The molecule has 0 aliphatic carbocycles. The lowest BCUT2D eigenvalue weighted by atomic mass is 10.0. The molecule has 9 nitrogen and oxygen atoms in total. The second-order valence-electron chi connectivity index (χ2n) is 25.5. The molecule has 0 radical (unpaired) electrons. The van der Waals surface area contributed by atoms with Crippen molar-refractivity contribution in [2.75, 3.05) is 26.4 Å². The molecule has 2 atom stereocenters. The summed E-state index contributed by atoms with van der Waals surface area (Å²) in [5.41, 5.74) is 5.41. The first kappa shape index (κ1) is 90.6. The molecule has 0 aromatic heterocycles. The molecule has 0 saturated carbocycles. The number of esters is 2. The first-order chi connectivity index (χ1) is 46.8. The highest BCUT2D eigenvalue weighted by Crippen LogP contribution is 2.43. The van der Waals surface area contributed by atoms with E-state index in [0.29, 0.717) is 6.42 Å². The number of unbranched alkanes of at least 4 members (excludes halogenated alkanes) is 33. The first-order valence-corrected chi connectivity index (χ1v) is 40.5. The molecule has 0 aromatic carbocycles. The van der Waals surface area contributed by atoms with Crippen LogP contribution in [-0.4, -0.2) is 49.3 Å². The Balaban J connectivity index is 3.96. The van der Waals surface area contributed by atoms with E-state index in [-0.39, 0.29) is 32.6 Å². The molecule has 0 rings (SSSR count). The van der Waals surface area contributed by atoms with E-state index in [2.05, 4.69) is 172 Å². The predicted octanol–water partition coefficient (Wildman–Crippen LogP) is 26.3. The van der Waals surface area contributed by atoms with Crippen molar-refractivity contribution in [3.05, 3.63) is 158 Å². The van der Waals surface area contributed by atoms with Gasteiger partial charge in [-0.2, -0.15) is 0 Å². The third-order valence-electron chi connectivity index (χ3n) is 16.4. The average Bonchev–Trinajstić information content (AvgIpc) is 3.16. The van der Waals surface area contributed by atoms with Gasteiger partial charge in [-0.3, -0.25) is 18.6 Å². The molecule has 0 saturated heterocycles. The van der Waals surface area contributed by atoms with Gasteiger partial charge in [0.1, 0.15) is 6.61 Å². The number of carbonyl (C=O) groups excluding carboxylic acids is 2. The lowest BCUT2D eigenvalue weighted by molar-refractivity contribution is -0.161. The molecule has 542 valence electrons. The van der Waals surface area contributed by atoms with Crippen molar-refractivity contribution < 1.29 is 37.6 Å². The van der Waals surface area contributed by atoms with E-state index >= 15 is 0 Å². The van der Waals surface area contributed by atoms with Gasteiger partial charge in [0.2, 0.25) is 0 Å². The Morgan fingerprint density at radius 1 is 0.326 bits per heavy atom. The summed E-state index contributed by atoms with van der Waals surface area (Å²) >= 11 is 0. The van der Waals surface area contributed by atoms with Crippen LogP contribution in [-0.2, 0) is 32.7 Å². The summed E-state index contributed by atoms with van der Waals surface area (Å²) in [6.45, 7) is 3.60. The van der Waals surface area contributed by atoms with Gasteiger partial charge in [-0.1, -0.05) is 352 Å². The fourth-order valence-electron chi connectivity index (χ4n) is 10.7. The van der Waals surface area contributed by atoms with Crippen molar-refractivity contribution >= 4 is 19.8 Å². The Hall–Kier alpha value is -4.37. The zero-order valence-corrected chi connectivity index (χ0v) is 62.0. The first-order valence-electron chi connectivity index (χ1n) is 39.0. The summed E-state index contributed by atoms with van der Waals surface area (Å²) in [7, 11) is -4.42. The average molecular weight is 1340 g/mol. The largest absolute Gasteiger partial charge is 0.472 e. The SMILES string of the molecule is CC/C=C\C/C=C\C/C=C\C/C=C\C/C=C\C/C=C\C/C=C\C/C=C\C/C=C\C/C=C\C/C=C\C/C=C\CCCCC(=O)OC(COC(=O)CCCCCCCCCCCCCCCCCCCCCCCCC/C=C\CCCCCCCCCC)COP(=O)(O)OCCN. The van der Waals surface area contributed by atoms with Gasteiger partial charge in [0.25, 0.3) is 0 Å². The highest BCUT2D eigenvalue weighted by molar-refractivity contribution is 7.47. The zero-order valence-electron chi connectivity index (χ0n) is 61.1. The Labute approximate surface area is 585 Å². The third-order valence-corrected chi connectivity index (χ3v) is 17.4.